The summed E-state index contributed by atoms with van der Waals surface area (Å²) in [4.78, 5) is 10.8. The smallest absolute Gasteiger partial charge is 0.191 e. The Morgan fingerprint density at radius 2 is 0.846 bits per heavy atom. The highest BCUT2D eigenvalue weighted by atomic mass is 15.2. The Hall–Kier alpha value is -1.46. The van der Waals surface area contributed by atoms with Crippen molar-refractivity contribution >= 4 is 11.9 Å². The van der Waals surface area contributed by atoms with Gasteiger partial charge >= 0.3 is 0 Å². The minimum absolute atomic E-state index is 0.365. The second-order valence-corrected chi connectivity index (χ2v) is 13.9. The van der Waals surface area contributed by atoms with Gasteiger partial charge in [0.25, 0.3) is 0 Å². The zero-order valence-electron chi connectivity index (χ0n) is 25.2. The largest absolute Gasteiger partial charge is 0.354 e. The van der Waals surface area contributed by atoms with E-state index in [1.54, 1.807) is 0 Å². The van der Waals surface area contributed by atoms with Crippen LogP contribution in [0.5, 0.6) is 0 Å². The number of nitrogens with zero attached hydrogens (tertiary/aromatic N) is 2. The second-order valence-electron chi connectivity index (χ2n) is 13.9. The molecular weight excluding hydrogens is 480 g/mol. The lowest BCUT2D eigenvalue weighted by molar-refractivity contribution is 0.283. The molecule has 5 aliphatic rings. The molecule has 0 bridgehead atoms. The van der Waals surface area contributed by atoms with Crippen LogP contribution in [0, 0.1) is 5.92 Å². The molecule has 3 unspecified atom stereocenters. The Kier molecular flexibility index (Phi) is 11.6. The summed E-state index contributed by atoms with van der Waals surface area (Å²) in [6.07, 6.45) is 30.3. The van der Waals surface area contributed by atoms with Crippen molar-refractivity contribution < 1.29 is 0 Å². The first kappa shape index (κ1) is 29.0. The molecule has 0 aromatic heterocycles. The summed E-state index contributed by atoms with van der Waals surface area (Å²) in [5, 5.41) is 15.7. The van der Waals surface area contributed by atoms with E-state index in [-0.39, 0.29) is 0 Å². The molecule has 5 saturated carbocycles. The van der Waals surface area contributed by atoms with Crippen LogP contribution in [0.25, 0.3) is 0 Å². The molecule has 0 amide bonds. The molecule has 6 nitrogen and oxygen atoms in total. The molecule has 0 aromatic carbocycles. The highest BCUT2D eigenvalue weighted by Gasteiger charge is 2.30. The number of hydrogen-bond donors (Lipinski definition) is 4. The third-order valence-electron chi connectivity index (χ3n) is 10.5. The molecule has 0 heterocycles. The monoisotopic (exact) mass is 540 g/mol. The summed E-state index contributed by atoms with van der Waals surface area (Å²) in [5.74, 6) is 2.85. The maximum atomic E-state index is 5.49. The summed E-state index contributed by atoms with van der Waals surface area (Å²) in [7, 11) is 0. The van der Waals surface area contributed by atoms with Crippen LogP contribution < -0.4 is 21.3 Å². The van der Waals surface area contributed by atoms with E-state index in [0.29, 0.717) is 42.2 Å². The molecule has 0 aromatic rings. The van der Waals surface area contributed by atoms with Crippen molar-refractivity contribution in [3.05, 3.63) is 0 Å². The Morgan fingerprint density at radius 1 is 0.436 bits per heavy atom. The van der Waals surface area contributed by atoms with Crippen molar-refractivity contribution in [3.8, 4) is 0 Å². The lowest BCUT2D eigenvalue weighted by Gasteiger charge is -2.36. The summed E-state index contributed by atoms with van der Waals surface area (Å²) in [6.45, 7) is 2.43. The fourth-order valence-corrected chi connectivity index (χ4v) is 7.91. The quantitative estimate of drug-likeness (QED) is 0.217. The molecule has 5 rings (SSSR count). The number of guanidine groups is 2. The van der Waals surface area contributed by atoms with E-state index in [9.17, 15) is 0 Å². The Labute approximate surface area is 239 Å². The molecule has 6 heteroatoms. The van der Waals surface area contributed by atoms with Crippen LogP contribution in [0.2, 0.25) is 0 Å². The Balaban J connectivity index is 1.25. The van der Waals surface area contributed by atoms with Gasteiger partial charge in [0.15, 0.2) is 11.9 Å². The van der Waals surface area contributed by atoms with Gasteiger partial charge in [-0.3, -0.25) is 0 Å². The average molecular weight is 541 g/mol. The molecule has 5 aliphatic carbocycles. The van der Waals surface area contributed by atoms with Crippen molar-refractivity contribution in [2.24, 2.45) is 15.9 Å². The van der Waals surface area contributed by atoms with Crippen molar-refractivity contribution in [2.75, 3.05) is 0 Å². The summed E-state index contributed by atoms with van der Waals surface area (Å²) in [5.41, 5.74) is 0. The van der Waals surface area contributed by atoms with Crippen LogP contribution in [0.1, 0.15) is 155 Å². The van der Waals surface area contributed by atoms with E-state index >= 15 is 0 Å². The van der Waals surface area contributed by atoms with E-state index in [2.05, 4.69) is 28.2 Å². The van der Waals surface area contributed by atoms with Crippen molar-refractivity contribution in [1.29, 1.82) is 0 Å². The third kappa shape index (κ3) is 9.56. The first-order valence-electron chi connectivity index (χ1n) is 17.4. The van der Waals surface area contributed by atoms with Gasteiger partial charge in [0.2, 0.25) is 0 Å². The number of rotatable bonds is 6. The van der Waals surface area contributed by atoms with Crippen LogP contribution in [0.4, 0.5) is 0 Å². The molecule has 5 fully saturated rings. The second kappa shape index (κ2) is 15.5. The maximum Gasteiger partial charge on any atom is 0.191 e. The molecule has 0 saturated heterocycles. The third-order valence-corrected chi connectivity index (χ3v) is 10.5. The molecule has 0 radical (unpaired) electrons. The van der Waals surface area contributed by atoms with Gasteiger partial charge in [0, 0.05) is 24.2 Å². The van der Waals surface area contributed by atoms with Crippen molar-refractivity contribution in [3.63, 3.8) is 0 Å². The molecule has 4 N–H and O–H groups in total. The van der Waals surface area contributed by atoms with Crippen molar-refractivity contribution in [1.82, 2.24) is 21.3 Å². The Morgan fingerprint density at radius 3 is 1.33 bits per heavy atom. The van der Waals surface area contributed by atoms with E-state index in [0.717, 1.165) is 18.3 Å². The Bertz CT molecular complexity index is 734. The molecular formula is C33H60N6. The number of nitrogens with one attached hydrogen (secondary N) is 4. The molecule has 0 spiro atoms. The van der Waals surface area contributed by atoms with Crippen LogP contribution in [-0.4, -0.2) is 48.2 Å². The van der Waals surface area contributed by atoms with E-state index in [1.165, 1.54) is 141 Å². The van der Waals surface area contributed by atoms with Gasteiger partial charge in [0.1, 0.15) is 0 Å². The van der Waals surface area contributed by atoms with Gasteiger partial charge in [-0.1, -0.05) is 84.0 Å². The zero-order valence-corrected chi connectivity index (χ0v) is 25.2. The highest BCUT2D eigenvalue weighted by Crippen LogP contribution is 2.28. The van der Waals surface area contributed by atoms with Crippen molar-refractivity contribution in [2.45, 2.75) is 191 Å². The standard InChI is InChI=1S/C33H60N6/c1-25-22-23-30(38-32(34-26-14-6-2-7-15-26)35-27-16-8-3-9-17-27)24-31(25)39-33(36-28-18-10-4-11-19-28)37-29-20-12-5-13-21-29/h25-31H,2-24H2,1H3,(H2,34,35,38)(H2,36,37,39). The van der Waals surface area contributed by atoms with Crippen LogP contribution in [0.15, 0.2) is 9.98 Å². The van der Waals surface area contributed by atoms with Gasteiger partial charge < -0.3 is 21.3 Å². The summed E-state index contributed by atoms with van der Waals surface area (Å²) >= 11 is 0. The normalized spacial score (nSPS) is 30.9. The van der Waals surface area contributed by atoms with Crippen LogP contribution in [-0.2, 0) is 0 Å². The first-order valence-corrected chi connectivity index (χ1v) is 17.4. The fourth-order valence-electron chi connectivity index (χ4n) is 7.91. The summed E-state index contributed by atoms with van der Waals surface area (Å²) in [6, 6.07) is 3.10. The van der Waals surface area contributed by atoms with Gasteiger partial charge in [-0.05, 0) is 76.5 Å². The SMILES string of the molecule is CC1CCC(NC(=NC2CCCCC2)NC2CCCCC2)CC1N=C(NC1CCCCC1)NC1CCCCC1. The number of aliphatic imine (C=N–C) groups is 2. The lowest BCUT2D eigenvalue weighted by atomic mass is 9.83. The summed E-state index contributed by atoms with van der Waals surface area (Å²) < 4.78 is 0. The minimum Gasteiger partial charge on any atom is -0.354 e. The lowest BCUT2D eigenvalue weighted by Crippen LogP contribution is -2.52. The fraction of sp³-hybridized carbons (Fsp3) is 0.939. The molecule has 39 heavy (non-hydrogen) atoms. The molecule has 0 aliphatic heterocycles. The van der Waals surface area contributed by atoms with Gasteiger partial charge in [0.05, 0.1) is 12.1 Å². The molecule has 3 atom stereocenters. The zero-order chi connectivity index (χ0) is 26.7. The van der Waals surface area contributed by atoms with E-state index < -0.39 is 0 Å². The van der Waals surface area contributed by atoms with Crippen LogP contribution in [0.3, 0.4) is 0 Å². The van der Waals surface area contributed by atoms with E-state index in [1.807, 2.05) is 0 Å². The highest BCUT2D eigenvalue weighted by molar-refractivity contribution is 5.81. The number of hydrogen-bond acceptors (Lipinski definition) is 2. The molecule has 222 valence electrons. The van der Waals surface area contributed by atoms with Gasteiger partial charge in [-0.15, -0.1) is 0 Å². The average Bonchev–Trinajstić information content (AvgIpc) is 2.97. The van der Waals surface area contributed by atoms with Gasteiger partial charge in [-0.2, -0.15) is 0 Å². The van der Waals surface area contributed by atoms with E-state index in [4.69, 9.17) is 9.98 Å². The first-order chi connectivity index (χ1) is 19.2. The predicted octanol–water partition coefficient (Wildman–Crippen LogP) is 6.94. The topological polar surface area (TPSA) is 72.8 Å². The van der Waals surface area contributed by atoms with Gasteiger partial charge in [-0.25, -0.2) is 9.98 Å². The van der Waals surface area contributed by atoms with Crippen LogP contribution >= 0.6 is 0 Å². The minimum atomic E-state index is 0.365. The predicted molar refractivity (Wildman–Crippen MR) is 165 cm³/mol. The maximum absolute atomic E-state index is 5.49.